The molecule has 1 fully saturated rings. The maximum absolute atomic E-state index is 12.5. The second-order valence-corrected chi connectivity index (χ2v) is 13.8. The first kappa shape index (κ1) is 35.0. The molecule has 0 saturated carbocycles. The van der Waals surface area contributed by atoms with Crippen LogP contribution in [0, 0.1) is 6.92 Å². The SMILES string of the molecule is Cc1nc(N)nc(Nc2ccc(/C=C/c3ccc(Nc4nc(Nc5ccccc5)nc(N5CCOCC5)n4)cc3S(=O)(=O)O)c(S(=O)(=O)O)c2)n1. The highest BCUT2D eigenvalue weighted by atomic mass is 32.2. The highest BCUT2D eigenvalue weighted by molar-refractivity contribution is 7.86. The normalized spacial score (nSPS) is 13.7. The third-order valence-electron chi connectivity index (χ3n) is 7.25. The Kier molecular flexibility index (Phi) is 10.0. The van der Waals surface area contributed by atoms with E-state index in [4.69, 9.17) is 10.5 Å². The zero-order chi connectivity index (χ0) is 36.2. The number of aryl methyl sites for hydroxylation is 1. The summed E-state index contributed by atoms with van der Waals surface area (Å²) < 4.78 is 75.3. The van der Waals surface area contributed by atoms with Crippen LogP contribution in [0.25, 0.3) is 12.2 Å². The van der Waals surface area contributed by atoms with Crippen LogP contribution in [-0.2, 0) is 25.0 Å². The number of hydrogen-bond donors (Lipinski definition) is 6. The summed E-state index contributed by atoms with van der Waals surface area (Å²) in [5.74, 6) is 1.02. The Morgan fingerprint density at radius 3 is 1.71 bits per heavy atom. The molecule has 18 nitrogen and oxygen atoms in total. The van der Waals surface area contributed by atoms with Gasteiger partial charge in [-0.1, -0.05) is 42.5 Å². The molecule has 5 aromatic rings. The summed E-state index contributed by atoms with van der Waals surface area (Å²) in [6.07, 6.45) is 2.55. The van der Waals surface area contributed by atoms with E-state index < -0.39 is 30.0 Å². The van der Waals surface area contributed by atoms with Gasteiger partial charge in [0.2, 0.25) is 29.7 Å². The number of nitrogens with two attached hydrogens (primary N) is 1. The van der Waals surface area contributed by atoms with Crippen LogP contribution in [-0.4, -0.2) is 82.1 Å². The largest absolute Gasteiger partial charge is 0.378 e. The molecule has 51 heavy (non-hydrogen) atoms. The van der Waals surface area contributed by atoms with Gasteiger partial charge in [-0.25, -0.2) is 0 Å². The fraction of sp³-hybridized carbons (Fsp3) is 0.161. The number of nitrogens with zero attached hydrogens (tertiary/aromatic N) is 7. The van der Waals surface area contributed by atoms with Gasteiger partial charge in [0.15, 0.2) is 0 Å². The van der Waals surface area contributed by atoms with E-state index in [9.17, 15) is 25.9 Å². The van der Waals surface area contributed by atoms with Crippen molar-refractivity contribution in [2.24, 2.45) is 0 Å². The van der Waals surface area contributed by atoms with Crippen molar-refractivity contribution in [3.8, 4) is 0 Å². The molecule has 264 valence electrons. The second-order valence-electron chi connectivity index (χ2n) is 11.0. The van der Waals surface area contributed by atoms with Crippen LogP contribution < -0.4 is 26.6 Å². The van der Waals surface area contributed by atoms with Crippen LogP contribution in [0.1, 0.15) is 17.0 Å². The van der Waals surface area contributed by atoms with Crippen molar-refractivity contribution in [2.75, 3.05) is 52.9 Å². The average Bonchev–Trinajstić information content (AvgIpc) is 3.07. The molecule has 7 N–H and O–H groups in total. The van der Waals surface area contributed by atoms with Gasteiger partial charge in [0, 0.05) is 30.2 Å². The Hall–Kier alpha value is -5.80. The maximum atomic E-state index is 12.5. The summed E-state index contributed by atoms with van der Waals surface area (Å²) in [4.78, 5) is 26.4. The van der Waals surface area contributed by atoms with E-state index in [-0.39, 0.29) is 46.3 Å². The van der Waals surface area contributed by atoms with Gasteiger partial charge in [0.05, 0.1) is 13.2 Å². The van der Waals surface area contributed by atoms with E-state index in [0.717, 1.165) is 11.8 Å². The molecule has 20 heteroatoms. The van der Waals surface area contributed by atoms with Gasteiger partial charge in [-0.2, -0.15) is 46.7 Å². The van der Waals surface area contributed by atoms with Gasteiger partial charge >= 0.3 is 0 Å². The molecule has 2 aromatic heterocycles. The molecule has 0 bridgehead atoms. The topological polar surface area (TPSA) is 261 Å². The Bertz CT molecular complexity index is 2300. The number of nitrogens with one attached hydrogen (secondary N) is 3. The average molecular weight is 734 g/mol. The van der Waals surface area contributed by atoms with E-state index >= 15 is 0 Å². The number of benzene rings is 3. The molecule has 0 spiro atoms. The van der Waals surface area contributed by atoms with E-state index in [1.165, 1.54) is 42.5 Å². The highest BCUT2D eigenvalue weighted by Gasteiger charge is 2.20. The summed E-state index contributed by atoms with van der Waals surface area (Å²) in [7, 11) is -9.56. The number of morpholine rings is 1. The van der Waals surface area contributed by atoms with Crippen molar-refractivity contribution in [1.82, 2.24) is 29.9 Å². The Morgan fingerprint density at radius 1 is 0.686 bits per heavy atom. The molecule has 1 aliphatic rings. The van der Waals surface area contributed by atoms with E-state index in [0.29, 0.717) is 38.1 Å². The molecule has 0 amide bonds. The quantitative estimate of drug-likeness (QED) is 0.0835. The maximum Gasteiger partial charge on any atom is 0.295 e. The first-order chi connectivity index (χ1) is 24.3. The summed E-state index contributed by atoms with van der Waals surface area (Å²) >= 11 is 0. The van der Waals surface area contributed by atoms with Crippen molar-refractivity contribution in [1.29, 1.82) is 0 Å². The Labute approximate surface area is 292 Å². The van der Waals surface area contributed by atoms with Crippen molar-refractivity contribution in [3.05, 3.63) is 83.7 Å². The Morgan fingerprint density at radius 2 is 1.20 bits per heavy atom. The molecule has 1 aliphatic heterocycles. The number of hydrogen-bond acceptors (Lipinski definition) is 16. The first-order valence-electron chi connectivity index (χ1n) is 15.1. The standard InChI is InChI=1S/C31H31N11O7S2/c1-19-33-27(32)38-28(34-19)36-23-11-9-20(25(17-23)50(43,44)45)7-8-21-10-12-24(18-26(21)51(46,47)48)37-30-39-29(35-22-5-3-2-4-6-22)40-31(41-30)42-13-15-49-16-14-42/h2-12,17-18H,13-16H2,1H3,(H,43,44,45)(H,46,47,48)(H3,32,33,34,36,38)(H2,35,37,39,40,41)/b8-7+. The summed E-state index contributed by atoms with van der Waals surface area (Å²) in [6, 6.07) is 17.4. The van der Waals surface area contributed by atoms with Crippen LogP contribution >= 0.6 is 0 Å². The lowest BCUT2D eigenvalue weighted by Crippen LogP contribution is -2.37. The smallest absolute Gasteiger partial charge is 0.295 e. The predicted octanol–water partition coefficient (Wildman–Crippen LogP) is 3.68. The number of rotatable bonds is 11. The van der Waals surface area contributed by atoms with Crippen LogP contribution in [0.5, 0.6) is 0 Å². The molecular weight excluding hydrogens is 703 g/mol. The molecule has 1 saturated heterocycles. The molecule has 3 heterocycles. The third kappa shape index (κ3) is 9.06. The van der Waals surface area contributed by atoms with Gasteiger partial charge in [0.25, 0.3) is 20.2 Å². The number of aromatic nitrogens is 6. The van der Waals surface area contributed by atoms with E-state index in [2.05, 4.69) is 45.9 Å². The minimum atomic E-state index is -4.80. The lowest BCUT2D eigenvalue weighted by molar-refractivity contribution is 0.122. The number of ether oxygens (including phenoxy) is 1. The van der Waals surface area contributed by atoms with Crippen molar-refractivity contribution in [2.45, 2.75) is 16.7 Å². The first-order valence-corrected chi connectivity index (χ1v) is 18.0. The van der Waals surface area contributed by atoms with Crippen LogP contribution in [0.15, 0.2) is 76.5 Å². The number of nitrogen functional groups attached to an aromatic ring is 1. The monoisotopic (exact) mass is 733 g/mol. The van der Waals surface area contributed by atoms with Crippen LogP contribution in [0.2, 0.25) is 0 Å². The van der Waals surface area contributed by atoms with E-state index in [1.807, 2.05) is 35.2 Å². The molecule has 0 atom stereocenters. The minimum absolute atomic E-state index is 0.0113. The fourth-order valence-electron chi connectivity index (χ4n) is 4.97. The molecule has 0 radical (unpaired) electrons. The minimum Gasteiger partial charge on any atom is -0.378 e. The predicted molar refractivity (Wildman–Crippen MR) is 190 cm³/mol. The second kappa shape index (κ2) is 14.6. The molecule has 3 aromatic carbocycles. The van der Waals surface area contributed by atoms with Crippen molar-refractivity contribution >= 4 is 79.2 Å². The summed E-state index contributed by atoms with van der Waals surface area (Å²) in [6.45, 7) is 3.68. The summed E-state index contributed by atoms with van der Waals surface area (Å²) in [5.41, 5.74) is 6.84. The molecular formula is C31H31N11O7S2. The van der Waals surface area contributed by atoms with Gasteiger partial charge < -0.3 is 31.3 Å². The third-order valence-corrected chi connectivity index (χ3v) is 9.07. The zero-order valence-corrected chi connectivity index (χ0v) is 28.4. The van der Waals surface area contributed by atoms with Gasteiger partial charge in [0.1, 0.15) is 15.6 Å². The van der Waals surface area contributed by atoms with Crippen molar-refractivity contribution < 1.29 is 30.7 Å². The zero-order valence-electron chi connectivity index (χ0n) is 26.8. The molecule has 6 rings (SSSR count). The van der Waals surface area contributed by atoms with Crippen molar-refractivity contribution in [3.63, 3.8) is 0 Å². The Balaban J connectivity index is 1.30. The molecule has 0 unspecified atom stereocenters. The number of anilines is 8. The van der Waals surface area contributed by atoms with Gasteiger partial charge in [-0.3, -0.25) is 9.11 Å². The van der Waals surface area contributed by atoms with Gasteiger partial charge in [-0.15, -0.1) is 0 Å². The van der Waals surface area contributed by atoms with E-state index in [1.54, 1.807) is 6.92 Å². The fourth-order valence-corrected chi connectivity index (χ4v) is 6.39. The highest BCUT2D eigenvalue weighted by Crippen LogP contribution is 2.28. The van der Waals surface area contributed by atoms with Gasteiger partial charge in [-0.05, 0) is 54.4 Å². The van der Waals surface area contributed by atoms with Crippen LogP contribution in [0.3, 0.4) is 0 Å². The van der Waals surface area contributed by atoms with Crippen LogP contribution in [0.4, 0.5) is 46.8 Å². The summed E-state index contributed by atoms with van der Waals surface area (Å²) in [5, 5.41) is 8.93. The lowest BCUT2D eigenvalue weighted by Gasteiger charge is -2.27. The number of para-hydroxylation sites is 1. The molecule has 0 aliphatic carbocycles. The lowest BCUT2D eigenvalue weighted by atomic mass is 10.1.